The van der Waals surface area contributed by atoms with E-state index in [4.69, 9.17) is 9.47 Å². The molecule has 3 rings (SSSR count). The fourth-order valence-corrected chi connectivity index (χ4v) is 3.95. The van der Waals surface area contributed by atoms with E-state index in [0.717, 1.165) is 38.5 Å². The van der Waals surface area contributed by atoms with Crippen LogP contribution >= 0.6 is 0 Å². The summed E-state index contributed by atoms with van der Waals surface area (Å²) in [6, 6.07) is 2.64. The first-order valence-electron chi connectivity index (χ1n) is 9.87. The van der Waals surface area contributed by atoms with Gasteiger partial charge in [-0.2, -0.15) is 8.78 Å². The van der Waals surface area contributed by atoms with E-state index in [1.54, 1.807) is 0 Å². The molecule has 3 nitrogen and oxygen atoms in total. The zero-order valence-corrected chi connectivity index (χ0v) is 15.4. The van der Waals surface area contributed by atoms with Crippen molar-refractivity contribution in [2.45, 2.75) is 64.7 Å². The number of hydrogen-bond acceptors (Lipinski definition) is 3. The SMILES string of the molecule is CC1CCC(C(=O)Oc2ccc(OCC3CCCCC3)c(F)c2F)CC1.[HH].[HH]. The van der Waals surface area contributed by atoms with E-state index in [1.165, 1.54) is 31.4 Å². The third-order valence-electron chi connectivity index (χ3n) is 5.77. The Kier molecular flexibility index (Phi) is 6.49. The Bertz CT molecular complexity index is 628. The molecular formula is C21H32F2O3. The minimum absolute atomic E-state index is 0. The molecule has 1 aromatic rings. The fourth-order valence-electron chi connectivity index (χ4n) is 3.95. The molecule has 5 heteroatoms. The average Bonchev–Trinajstić information content (AvgIpc) is 2.66. The number of ether oxygens (including phenoxy) is 2. The van der Waals surface area contributed by atoms with Crippen LogP contribution in [0.1, 0.15) is 67.6 Å². The second kappa shape index (κ2) is 8.83. The third kappa shape index (κ3) is 4.74. The first-order valence-corrected chi connectivity index (χ1v) is 9.87. The molecule has 0 atom stereocenters. The van der Waals surface area contributed by atoms with Crippen LogP contribution in [0.15, 0.2) is 12.1 Å². The number of halogens is 2. The van der Waals surface area contributed by atoms with Gasteiger partial charge in [-0.3, -0.25) is 4.79 Å². The molecule has 26 heavy (non-hydrogen) atoms. The predicted molar refractivity (Wildman–Crippen MR) is 99.4 cm³/mol. The minimum Gasteiger partial charge on any atom is -0.490 e. The van der Waals surface area contributed by atoms with Gasteiger partial charge in [-0.1, -0.05) is 26.2 Å². The summed E-state index contributed by atoms with van der Waals surface area (Å²) >= 11 is 0. The van der Waals surface area contributed by atoms with Crippen LogP contribution in [0.4, 0.5) is 8.78 Å². The lowest BCUT2D eigenvalue weighted by Crippen LogP contribution is -2.25. The van der Waals surface area contributed by atoms with Gasteiger partial charge < -0.3 is 9.47 Å². The summed E-state index contributed by atoms with van der Waals surface area (Å²) in [5, 5.41) is 0. The van der Waals surface area contributed by atoms with Crippen molar-refractivity contribution in [3.63, 3.8) is 0 Å². The average molecular weight is 370 g/mol. The highest BCUT2D eigenvalue weighted by atomic mass is 19.2. The van der Waals surface area contributed by atoms with Crippen molar-refractivity contribution in [2.24, 2.45) is 17.8 Å². The van der Waals surface area contributed by atoms with Crippen LogP contribution in [-0.2, 0) is 4.79 Å². The molecule has 2 fully saturated rings. The Morgan fingerprint density at radius 2 is 1.62 bits per heavy atom. The monoisotopic (exact) mass is 370 g/mol. The maximum atomic E-state index is 14.3. The number of hydrogen-bond donors (Lipinski definition) is 0. The number of benzene rings is 1. The highest BCUT2D eigenvalue weighted by Gasteiger charge is 2.27. The molecule has 1 aromatic carbocycles. The Morgan fingerprint density at radius 3 is 2.31 bits per heavy atom. The summed E-state index contributed by atoms with van der Waals surface area (Å²) in [4.78, 5) is 12.2. The van der Waals surface area contributed by atoms with Crippen molar-refractivity contribution in [2.75, 3.05) is 6.61 Å². The Hall–Kier alpha value is -1.65. The van der Waals surface area contributed by atoms with Crippen molar-refractivity contribution in [3.05, 3.63) is 23.8 Å². The number of esters is 1. The van der Waals surface area contributed by atoms with Crippen LogP contribution in [0, 0.1) is 29.4 Å². The van der Waals surface area contributed by atoms with E-state index in [2.05, 4.69) is 6.92 Å². The highest BCUT2D eigenvalue weighted by Crippen LogP contribution is 2.32. The standard InChI is InChI=1S/C21H28F2O3.2H2/c1-14-7-9-16(10-8-14)21(24)26-18-12-11-17(19(22)20(18)23)25-13-15-5-3-2-4-6-15;;/h11-12,14-16H,2-10,13H2,1H3;2*1H. The van der Waals surface area contributed by atoms with Crippen LogP contribution in [0.2, 0.25) is 0 Å². The molecule has 0 unspecified atom stereocenters. The van der Waals surface area contributed by atoms with Crippen molar-refractivity contribution >= 4 is 5.97 Å². The molecule has 2 aliphatic carbocycles. The van der Waals surface area contributed by atoms with Crippen LogP contribution in [0.25, 0.3) is 0 Å². The zero-order chi connectivity index (χ0) is 18.5. The van der Waals surface area contributed by atoms with Crippen molar-refractivity contribution in [1.82, 2.24) is 0 Å². The van der Waals surface area contributed by atoms with Gasteiger partial charge in [0.2, 0.25) is 11.6 Å². The lowest BCUT2D eigenvalue weighted by atomic mass is 9.83. The van der Waals surface area contributed by atoms with E-state index in [1.807, 2.05) is 0 Å². The van der Waals surface area contributed by atoms with E-state index in [0.29, 0.717) is 18.4 Å². The van der Waals surface area contributed by atoms with Crippen molar-refractivity contribution < 1.29 is 25.9 Å². The maximum Gasteiger partial charge on any atom is 0.314 e. The van der Waals surface area contributed by atoms with Gasteiger partial charge in [0, 0.05) is 2.85 Å². The van der Waals surface area contributed by atoms with E-state index in [9.17, 15) is 13.6 Å². The molecule has 0 N–H and O–H groups in total. The Balaban J connectivity index is 0.00000196. The molecule has 2 saturated carbocycles. The minimum atomic E-state index is -1.15. The topological polar surface area (TPSA) is 35.5 Å². The summed E-state index contributed by atoms with van der Waals surface area (Å²) in [5.74, 6) is -2.38. The van der Waals surface area contributed by atoms with Gasteiger partial charge in [-0.05, 0) is 62.5 Å². The fraction of sp³-hybridized carbons (Fsp3) is 0.667. The lowest BCUT2D eigenvalue weighted by Gasteiger charge is -2.24. The first-order chi connectivity index (χ1) is 12.5. The van der Waals surface area contributed by atoms with Gasteiger partial charge in [0.1, 0.15) is 0 Å². The van der Waals surface area contributed by atoms with Crippen molar-refractivity contribution in [1.29, 1.82) is 0 Å². The lowest BCUT2D eigenvalue weighted by molar-refractivity contribution is -0.140. The molecule has 0 aliphatic heterocycles. The van der Waals surface area contributed by atoms with Crippen LogP contribution < -0.4 is 9.47 Å². The summed E-state index contributed by atoms with van der Waals surface area (Å²) in [6.07, 6.45) is 9.12. The molecule has 2 aliphatic rings. The number of carbonyl (C=O) groups excluding carboxylic acids is 1. The molecule has 148 valence electrons. The Morgan fingerprint density at radius 1 is 1.00 bits per heavy atom. The Labute approximate surface area is 157 Å². The molecule has 0 amide bonds. The summed E-state index contributed by atoms with van der Waals surface area (Å²) < 4.78 is 39.2. The van der Waals surface area contributed by atoms with E-state index >= 15 is 0 Å². The molecule has 0 radical (unpaired) electrons. The van der Waals surface area contributed by atoms with Gasteiger partial charge >= 0.3 is 5.97 Å². The maximum absolute atomic E-state index is 14.3. The van der Waals surface area contributed by atoms with Gasteiger partial charge in [0.15, 0.2) is 11.5 Å². The summed E-state index contributed by atoms with van der Waals surface area (Å²) in [6.45, 7) is 2.55. The third-order valence-corrected chi connectivity index (χ3v) is 5.77. The molecule has 0 aromatic heterocycles. The summed E-state index contributed by atoms with van der Waals surface area (Å²) in [7, 11) is 0. The number of rotatable bonds is 5. The molecule has 0 bridgehead atoms. The van der Waals surface area contributed by atoms with Gasteiger partial charge in [-0.15, -0.1) is 0 Å². The predicted octanol–water partition coefficient (Wildman–Crippen LogP) is 6.15. The van der Waals surface area contributed by atoms with Gasteiger partial charge in [-0.25, -0.2) is 0 Å². The highest BCUT2D eigenvalue weighted by molar-refractivity contribution is 5.75. The quantitative estimate of drug-likeness (QED) is 0.461. The van der Waals surface area contributed by atoms with Gasteiger partial charge in [0.05, 0.1) is 12.5 Å². The van der Waals surface area contributed by atoms with Crippen LogP contribution in [-0.4, -0.2) is 12.6 Å². The smallest absolute Gasteiger partial charge is 0.314 e. The van der Waals surface area contributed by atoms with Crippen LogP contribution in [0.3, 0.4) is 0 Å². The normalized spacial score (nSPS) is 24.3. The molecular weight excluding hydrogens is 338 g/mol. The van der Waals surface area contributed by atoms with Gasteiger partial charge in [0.25, 0.3) is 0 Å². The van der Waals surface area contributed by atoms with E-state index < -0.39 is 17.6 Å². The summed E-state index contributed by atoms with van der Waals surface area (Å²) in [5.41, 5.74) is 0. The van der Waals surface area contributed by atoms with Crippen LogP contribution in [0.5, 0.6) is 11.5 Å². The second-order valence-electron chi connectivity index (χ2n) is 7.88. The molecule has 0 spiro atoms. The zero-order valence-electron chi connectivity index (χ0n) is 15.4. The van der Waals surface area contributed by atoms with Crippen molar-refractivity contribution in [3.8, 4) is 11.5 Å². The van der Waals surface area contributed by atoms with E-state index in [-0.39, 0.29) is 20.3 Å². The molecule has 0 saturated heterocycles. The molecule has 0 heterocycles. The first kappa shape index (κ1) is 19.1. The largest absolute Gasteiger partial charge is 0.490 e. The second-order valence-corrected chi connectivity index (χ2v) is 7.88. The number of carbonyl (C=O) groups is 1.